The third kappa shape index (κ3) is 10.3. The first-order valence-corrected chi connectivity index (χ1v) is 11.9. The van der Waals surface area contributed by atoms with Crippen molar-refractivity contribution in [3.8, 4) is 0 Å². The summed E-state index contributed by atoms with van der Waals surface area (Å²) in [5.41, 5.74) is 1.11. The lowest BCUT2D eigenvalue weighted by Gasteiger charge is -2.34. The second-order valence-corrected chi connectivity index (χ2v) is 7.65. The molecular weight excluding hydrogens is 392 g/mol. The van der Waals surface area contributed by atoms with Gasteiger partial charge in [-0.15, -0.1) is 0 Å². The lowest BCUT2D eigenvalue weighted by Crippen LogP contribution is -2.46. The summed E-state index contributed by atoms with van der Waals surface area (Å²) in [6.45, 7) is 16.7. The molecule has 1 saturated heterocycles. The molecule has 2 heterocycles. The van der Waals surface area contributed by atoms with Crippen LogP contribution in [0.5, 0.6) is 0 Å². The number of nitrogens with one attached hydrogen (secondary N) is 2. The summed E-state index contributed by atoms with van der Waals surface area (Å²) < 4.78 is 11.1. The molecule has 0 radical (unpaired) electrons. The average molecular weight is 435 g/mol. The SMILES string of the molecule is CCCCOCCOCCNC(=NCc1ccc(N2CCN(CC)CC2)nc1)NCC. The van der Waals surface area contributed by atoms with Crippen LogP contribution in [0.25, 0.3) is 0 Å². The van der Waals surface area contributed by atoms with Gasteiger partial charge in [-0.05, 0) is 31.5 Å². The maximum absolute atomic E-state index is 5.60. The highest BCUT2D eigenvalue weighted by molar-refractivity contribution is 5.79. The second-order valence-electron chi connectivity index (χ2n) is 7.65. The Morgan fingerprint density at radius 2 is 1.77 bits per heavy atom. The molecule has 0 saturated carbocycles. The van der Waals surface area contributed by atoms with Crippen molar-refractivity contribution in [2.45, 2.75) is 40.2 Å². The first-order chi connectivity index (χ1) is 15.3. The summed E-state index contributed by atoms with van der Waals surface area (Å²) in [6.07, 6.45) is 4.21. The zero-order chi connectivity index (χ0) is 22.2. The van der Waals surface area contributed by atoms with E-state index in [0.717, 1.165) is 76.1 Å². The molecule has 0 unspecified atom stereocenters. The fraction of sp³-hybridized carbons (Fsp3) is 0.739. The fourth-order valence-corrected chi connectivity index (χ4v) is 3.31. The zero-order valence-corrected chi connectivity index (χ0v) is 19.7. The topological polar surface area (TPSA) is 74.2 Å². The molecule has 0 spiro atoms. The van der Waals surface area contributed by atoms with E-state index in [4.69, 9.17) is 9.47 Å². The summed E-state index contributed by atoms with van der Waals surface area (Å²) in [5.74, 6) is 1.86. The molecule has 1 fully saturated rings. The summed E-state index contributed by atoms with van der Waals surface area (Å²) in [5, 5.41) is 6.59. The van der Waals surface area contributed by atoms with E-state index in [2.05, 4.69) is 63.3 Å². The number of aromatic nitrogens is 1. The van der Waals surface area contributed by atoms with Crippen LogP contribution in [0.2, 0.25) is 0 Å². The number of piperazine rings is 1. The highest BCUT2D eigenvalue weighted by Crippen LogP contribution is 2.14. The summed E-state index contributed by atoms with van der Waals surface area (Å²) >= 11 is 0. The molecule has 176 valence electrons. The number of rotatable bonds is 14. The van der Waals surface area contributed by atoms with Crippen LogP contribution in [-0.4, -0.2) is 88.1 Å². The van der Waals surface area contributed by atoms with Crippen LogP contribution in [0.15, 0.2) is 23.3 Å². The van der Waals surface area contributed by atoms with Gasteiger partial charge in [0.25, 0.3) is 0 Å². The molecule has 0 atom stereocenters. The van der Waals surface area contributed by atoms with Gasteiger partial charge in [0.05, 0.1) is 26.4 Å². The molecule has 2 N–H and O–H groups in total. The Morgan fingerprint density at radius 3 is 2.42 bits per heavy atom. The molecule has 8 nitrogen and oxygen atoms in total. The van der Waals surface area contributed by atoms with Crippen molar-refractivity contribution in [2.24, 2.45) is 4.99 Å². The van der Waals surface area contributed by atoms with Crippen LogP contribution in [0.4, 0.5) is 5.82 Å². The summed E-state index contributed by atoms with van der Waals surface area (Å²) in [6, 6.07) is 4.24. The van der Waals surface area contributed by atoms with Gasteiger partial charge in [-0.3, -0.25) is 0 Å². The van der Waals surface area contributed by atoms with Crippen molar-refractivity contribution in [1.82, 2.24) is 20.5 Å². The monoisotopic (exact) mass is 434 g/mol. The van der Waals surface area contributed by atoms with E-state index < -0.39 is 0 Å². The van der Waals surface area contributed by atoms with Crippen LogP contribution in [0, 0.1) is 0 Å². The van der Waals surface area contributed by atoms with E-state index in [1.165, 1.54) is 0 Å². The van der Waals surface area contributed by atoms with Gasteiger partial charge < -0.3 is 29.9 Å². The number of likely N-dealkylation sites (N-methyl/N-ethyl adjacent to an activating group) is 1. The van der Waals surface area contributed by atoms with E-state index in [0.29, 0.717) is 32.9 Å². The van der Waals surface area contributed by atoms with Gasteiger partial charge in [0.15, 0.2) is 5.96 Å². The Hall–Kier alpha value is -1.90. The molecule has 1 aromatic rings. The first kappa shape index (κ1) is 25.4. The van der Waals surface area contributed by atoms with Crippen molar-refractivity contribution >= 4 is 11.8 Å². The number of hydrogen-bond donors (Lipinski definition) is 2. The van der Waals surface area contributed by atoms with Crippen molar-refractivity contribution < 1.29 is 9.47 Å². The largest absolute Gasteiger partial charge is 0.379 e. The van der Waals surface area contributed by atoms with Crippen LogP contribution in [0.3, 0.4) is 0 Å². The average Bonchev–Trinajstić information content (AvgIpc) is 2.82. The summed E-state index contributed by atoms with van der Waals surface area (Å²) in [4.78, 5) is 14.2. The van der Waals surface area contributed by atoms with Gasteiger partial charge in [0, 0.05) is 52.1 Å². The van der Waals surface area contributed by atoms with Gasteiger partial charge >= 0.3 is 0 Å². The number of nitrogens with zero attached hydrogens (tertiary/aromatic N) is 4. The molecule has 1 aliphatic heterocycles. The predicted octanol–water partition coefficient (Wildman–Crippen LogP) is 2.11. The van der Waals surface area contributed by atoms with Gasteiger partial charge in [0.1, 0.15) is 5.82 Å². The molecule has 31 heavy (non-hydrogen) atoms. The van der Waals surface area contributed by atoms with Crippen LogP contribution < -0.4 is 15.5 Å². The molecule has 1 aromatic heterocycles. The highest BCUT2D eigenvalue weighted by atomic mass is 16.5. The van der Waals surface area contributed by atoms with Crippen LogP contribution >= 0.6 is 0 Å². The van der Waals surface area contributed by atoms with Crippen molar-refractivity contribution in [3.63, 3.8) is 0 Å². The number of hydrogen-bond acceptors (Lipinski definition) is 6. The maximum atomic E-state index is 5.60. The highest BCUT2D eigenvalue weighted by Gasteiger charge is 2.16. The van der Waals surface area contributed by atoms with Crippen molar-refractivity contribution in [3.05, 3.63) is 23.9 Å². The standard InChI is InChI=1S/C23H42N6O2/c1-4-7-15-30-17-18-31-16-10-25-23(24-5-2)27-20-21-8-9-22(26-19-21)29-13-11-28(6-3)12-14-29/h8-9,19H,4-7,10-18,20H2,1-3H3,(H2,24,25,27). The third-order valence-corrected chi connectivity index (χ3v) is 5.27. The van der Waals surface area contributed by atoms with E-state index >= 15 is 0 Å². The number of unbranched alkanes of at least 4 members (excludes halogenated alkanes) is 1. The maximum Gasteiger partial charge on any atom is 0.191 e. The van der Waals surface area contributed by atoms with Gasteiger partial charge in [0.2, 0.25) is 0 Å². The molecule has 8 heteroatoms. The van der Waals surface area contributed by atoms with Crippen LogP contribution in [-0.2, 0) is 16.0 Å². The van der Waals surface area contributed by atoms with Gasteiger partial charge in [-0.2, -0.15) is 0 Å². The van der Waals surface area contributed by atoms with Crippen LogP contribution in [0.1, 0.15) is 39.2 Å². The smallest absolute Gasteiger partial charge is 0.191 e. The summed E-state index contributed by atoms with van der Waals surface area (Å²) in [7, 11) is 0. The van der Waals surface area contributed by atoms with Gasteiger partial charge in [-0.1, -0.05) is 26.3 Å². The third-order valence-electron chi connectivity index (χ3n) is 5.27. The van der Waals surface area contributed by atoms with E-state index in [1.54, 1.807) is 0 Å². The normalized spacial score (nSPS) is 15.3. The number of pyridine rings is 1. The molecule has 0 amide bonds. The Morgan fingerprint density at radius 1 is 1.00 bits per heavy atom. The Balaban J connectivity index is 1.68. The Bertz CT molecular complexity index is 603. The van der Waals surface area contributed by atoms with E-state index in [-0.39, 0.29) is 0 Å². The second kappa shape index (κ2) is 15.8. The Labute approximate surface area is 188 Å². The Kier molecular flexibility index (Phi) is 13.0. The quantitative estimate of drug-likeness (QED) is 0.264. The lowest BCUT2D eigenvalue weighted by atomic mass is 10.2. The fourth-order valence-electron chi connectivity index (χ4n) is 3.31. The minimum atomic E-state index is 0.596. The zero-order valence-electron chi connectivity index (χ0n) is 19.7. The number of guanidine groups is 1. The molecule has 0 bridgehead atoms. The number of ether oxygens (including phenoxy) is 2. The molecule has 0 aliphatic carbocycles. The molecule has 1 aliphatic rings. The van der Waals surface area contributed by atoms with Crippen molar-refractivity contribution in [1.29, 1.82) is 0 Å². The number of aliphatic imine (C=N–C) groups is 1. The van der Waals surface area contributed by atoms with E-state index in [9.17, 15) is 0 Å². The minimum Gasteiger partial charge on any atom is -0.379 e. The van der Waals surface area contributed by atoms with E-state index in [1.807, 2.05) is 6.20 Å². The van der Waals surface area contributed by atoms with Gasteiger partial charge in [-0.25, -0.2) is 9.98 Å². The van der Waals surface area contributed by atoms with Crippen molar-refractivity contribution in [2.75, 3.05) is 77.1 Å². The predicted molar refractivity (Wildman–Crippen MR) is 128 cm³/mol. The lowest BCUT2D eigenvalue weighted by molar-refractivity contribution is 0.0487. The minimum absolute atomic E-state index is 0.596. The molecule has 0 aromatic carbocycles. The molecule has 2 rings (SSSR count). The number of anilines is 1. The molecular formula is C23H42N6O2. The first-order valence-electron chi connectivity index (χ1n) is 11.9.